The van der Waals surface area contributed by atoms with Crippen molar-refractivity contribution in [2.24, 2.45) is 0 Å². The number of anilines is 1. The van der Waals surface area contributed by atoms with Gasteiger partial charge in [0, 0.05) is 6.07 Å². The number of para-hydroxylation sites is 1. The molecule has 0 saturated carbocycles. The second-order valence-electron chi connectivity index (χ2n) is 4.93. The van der Waals surface area contributed by atoms with E-state index in [0.717, 1.165) is 13.2 Å². The molecule has 0 bridgehead atoms. The molecule has 1 amide bonds. The van der Waals surface area contributed by atoms with Crippen LogP contribution >= 0.6 is 0 Å². The Labute approximate surface area is 147 Å². The van der Waals surface area contributed by atoms with Gasteiger partial charge in [0.1, 0.15) is 6.07 Å². The van der Waals surface area contributed by atoms with Gasteiger partial charge in [-0.2, -0.15) is 5.26 Å². The Hall–Kier alpha value is -3.93. The number of hydrogen-bond acceptors (Lipinski definition) is 7. The zero-order valence-electron chi connectivity index (χ0n) is 13.6. The second kappa shape index (κ2) is 8.25. The van der Waals surface area contributed by atoms with Crippen LogP contribution in [0.25, 0.3) is 0 Å². The van der Waals surface area contributed by atoms with Crippen LogP contribution in [-0.4, -0.2) is 30.5 Å². The summed E-state index contributed by atoms with van der Waals surface area (Å²) in [6.45, 7) is -0.516. The number of esters is 1. The van der Waals surface area contributed by atoms with Crippen LogP contribution in [0, 0.1) is 21.4 Å². The predicted molar refractivity (Wildman–Crippen MR) is 89.7 cm³/mol. The van der Waals surface area contributed by atoms with E-state index in [4.69, 9.17) is 10.00 Å². The molecule has 0 fully saturated rings. The fourth-order valence-corrected chi connectivity index (χ4v) is 2.05. The average molecular weight is 355 g/mol. The van der Waals surface area contributed by atoms with Gasteiger partial charge in [-0.05, 0) is 24.3 Å². The maximum atomic E-state index is 12.0. The molecule has 0 atom stereocenters. The van der Waals surface area contributed by atoms with E-state index in [0.29, 0.717) is 5.69 Å². The molecule has 26 heavy (non-hydrogen) atoms. The summed E-state index contributed by atoms with van der Waals surface area (Å²) >= 11 is 0. The number of carbonyl (C=O) groups is 2. The van der Waals surface area contributed by atoms with E-state index in [2.05, 4.69) is 10.1 Å². The molecular formula is C17H13N3O6. The summed E-state index contributed by atoms with van der Waals surface area (Å²) in [5, 5.41) is 22.6. The number of nitrogens with zero attached hydrogens (tertiary/aromatic N) is 2. The number of ether oxygens (including phenoxy) is 2. The second-order valence-corrected chi connectivity index (χ2v) is 4.93. The zero-order chi connectivity index (χ0) is 19.1. The van der Waals surface area contributed by atoms with Crippen LogP contribution in [0.1, 0.15) is 15.9 Å². The number of nitro groups is 1. The quantitative estimate of drug-likeness (QED) is 0.477. The first-order valence-electron chi connectivity index (χ1n) is 7.24. The van der Waals surface area contributed by atoms with Crippen LogP contribution in [0.4, 0.5) is 11.4 Å². The minimum absolute atomic E-state index is 0.0149. The van der Waals surface area contributed by atoms with Crippen molar-refractivity contribution in [2.75, 3.05) is 19.0 Å². The Morgan fingerprint density at radius 2 is 2.00 bits per heavy atom. The Morgan fingerprint density at radius 3 is 2.65 bits per heavy atom. The van der Waals surface area contributed by atoms with Gasteiger partial charge < -0.3 is 14.8 Å². The lowest BCUT2D eigenvalue weighted by Crippen LogP contribution is -2.21. The number of carbonyl (C=O) groups excluding carboxylic acids is 2. The third-order valence-corrected chi connectivity index (χ3v) is 3.26. The minimum atomic E-state index is -0.731. The van der Waals surface area contributed by atoms with Crippen molar-refractivity contribution in [1.82, 2.24) is 0 Å². The number of rotatable bonds is 6. The van der Waals surface area contributed by atoms with Crippen molar-refractivity contribution in [1.29, 1.82) is 5.26 Å². The van der Waals surface area contributed by atoms with Crippen molar-refractivity contribution in [3.8, 4) is 11.8 Å². The first kappa shape index (κ1) is 18.4. The minimum Gasteiger partial charge on any atom is -0.477 e. The molecule has 0 aliphatic rings. The molecule has 2 rings (SSSR count). The number of hydrogen-bond donors (Lipinski definition) is 1. The van der Waals surface area contributed by atoms with Gasteiger partial charge in [-0.3, -0.25) is 14.9 Å². The van der Waals surface area contributed by atoms with E-state index >= 15 is 0 Å². The first-order chi connectivity index (χ1) is 12.5. The van der Waals surface area contributed by atoms with Crippen molar-refractivity contribution < 1.29 is 24.0 Å². The maximum Gasteiger partial charge on any atom is 0.338 e. The normalized spacial score (nSPS) is 9.69. The van der Waals surface area contributed by atoms with Crippen LogP contribution in [0.2, 0.25) is 0 Å². The molecule has 9 heteroatoms. The predicted octanol–water partition coefficient (Wildman–Crippen LogP) is 2.27. The van der Waals surface area contributed by atoms with Gasteiger partial charge in [0.15, 0.2) is 12.4 Å². The molecule has 2 aromatic carbocycles. The Balaban J connectivity index is 2.11. The van der Waals surface area contributed by atoms with Gasteiger partial charge in [-0.25, -0.2) is 4.79 Å². The van der Waals surface area contributed by atoms with Gasteiger partial charge in [-0.1, -0.05) is 12.1 Å². The largest absolute Gasteiger partial charge is 0.477 e. The number of amides is 1. The molecule has 1 N–H and O–H groups in total. The monoisotopic (exact) mass is 355 g/mol. The van der Waals surface area contributed by atoms with Crippen molar-refractivity contribution >= 4 is 23.3 Å². The fraction of sp³-hybridized carbons (Fsp3) is 0.118. The highest BCUT2D eigenvalue weighted by atomic mass is 16.6. The van der Waals surface area contributed by atoms with Gasteiger partial charge >= 0.3 is 11.7 Å². The van der Waals surface area contributed by atoms with Gasteiger partial charge in [0.2, 0.25) is 0 Å². The molecule has 0 aromatic heterocycles. The summed E-state index contributed by atoms with van der Waals surface area (Å²) in [4.78, 5) is 33.8. The average Bonchev–Trinajstić information content (AvgIpc) is 2.65. The van der Waals surface area contributed by atoms with Gasteiger partial charge in [-0.15, -0.1) is 0 Å². The third-order valence-electron chi connectivity index (χ3n) is 3.26. The number of nitro benzene ring substituents is 1. The summed E-state index contributed by atoms with van der Waals surface area (Å²) in [5.41, 5.74) is 0.0884. The molecule has 0 heterocycles. The van der Waals surface area contributed by atoms with E-state index < -0.39 is 29.1 Å². The molecule has 2 aromatic rings. The summed E-state index contributed by atoms with van der Waals surface area (Å²) in [7, 11) is 1.15. The smallest absolute Gasteiger partial charge is 0.338 e. The van der Waals surface area contributed by atoms with E-state index in [1.54, 1.807) is 18.2 Å². The lowest BCUT2D eigenvalue weighted by atomic mass is 10.2. The van der Waals surface area contributed by atoms with Crippen LogP contribution in [0.5, 0.6) is 5.75 Å². The molecule has 0 aliphatic carbocycles. The highest BCUT2D eigenvalue weighted by Gasteiger charge is 2.20. The maximum absolute atomic E-state index is 12.0. The van der Waals surface area contributed by atoms with E-state index in [-0.39, 0.29) is 16.9 Å². The first-order valence-corrected chi connectivity index (χ1v) is 7.24. The SMILES string of the molecule is COC(=O)c1ccc(OCC(=O)Nc2ccccc2C#N)c([N+](=O)[O-])c1. The highest BCUT2D eigenvalue weighted by molar-refractivity contribution is 5.93. The molecule has 0 radical (unpaired) electrons. The summed E-state index contributed by atoms with van der Waals surface area (Å²) in [6, 6.07) is 11.8. The zero-order valence-corrected chi connectivity index (χ0v) is 13.6. The Bertz CT molecular complexity index is 904. The highest BCUT2D eigenvalue weighted by Crippen LogP contribution is 2.28. The summed E-state index contributed by atoms with van der Waals surface area (Å²) < 4.78 is 9.69. The lowest BCUT2D eigenvalue weighted by Gasteiger charge is -2.09. The van der Waals surface area contributed by atoms with Crippen LogP contribution < -0.4 is 10.1 Å². The van der Waals surface area contributed by atoms with E-state index in [1.165, 1.54) is 18.2 Å². The lowest BCUT2D eigenvalue weighted by molar-refractivity contribution is -0.385. The van der Waals surface area contributed by atoms with Crippen molar-refractivity contribution in [3.05, 3.63) is 63.7 Å². The summed E-state index contributed by atoms with van der Waals surface area (Å²) in [6.07, 6.45) is 0. The standard InChI is InChI=1S/C17H13N3O6/c1-25-17(22)11-6-7-15(14(8-11)20(23)24)26-10-16(21)19-13-5-3-2-4-12(13)9-18/h2-8H,10H2,1H3,(H,19,21). The number of nitriles is 1. The number of methoxy groups -OCH3 is 1. The third kappa shape index (κ3) is 4.33. The molecule has 0 spiro atoms. The van der Waals surface area contributed by atoms with Crippen LogP contribution in [-0.2, 0) is 9.53 Å². The van der Waals surface area contributed by atoms with Crippen molar-refractivity contribution in [3.63, 3.8) is 0 Å². The van der Waals surface area contributed by atoms with Crippen molar-refractivity contribution in [2.45, 2.75) is 0 Å². The molecule has 0 aliphatic heterocycles. The topological polar surface area (TPSA) is 132 Å². The summed E-state index contributed by atoms with van der Waals surface area (Å²) in [5.74, 6) is -1.50. The number of benzene rings is 2. The Morgan fingerprint density at radius 1 is 1.27 bits per heavy atom. The van der Waals surface area contributed by atoms with Crippen LogP contribution in [0.15, 0.2) is 42.5 Å². The fourth-order valence-electron chi connectivity index (χ4n) is 2.05. The Kier molecular flexibility index (Phi) is 5.84. The van der Waals surface area contributed by atoms with E-state index in [9.17, 15) is 19.7 Å². The van der Waals surface area contributed by atoms with Gasteiger partial charge in [0.05, 0.1) is 28.8 Å². The molecule has 0 saturated heterocycles. The van der Waals surface area contributed by atoms with Gasteiger partial charge in [0.25, 0.3) is 5.91 Å². The molecule has 0 unspecified atom stereocenters. The molecule has 9 nitrogen and oxygen atoms in total. The van der Waals surface area contributed by atoms with E-state index in [1.807, 2.05) is 6.07 Å². The molecular weight excluding hydrogens is 342 g/mol. The number of nitrogens with one attached hydrogen (secondary N) is 1. The van der Waals surface area contributed by atoms with Crippen LogP contribution in [0.3, 0.4) is 0 Å². The molecule has 132 valence electrons.